The van der Waals surface area contributed by atoms with Crippen LogP contribution in [-0.2, 0) is 4.79 Å². The number of carbonyl (C=O) groups is 1. The number of hydrogen-bond donors (Lipinski definition) is 3. The molecular formula is C10H21NO3. The molecule has 0 aliphatic heterocycles. The molecule has 0 aromatic heterocycles. The van der Waals surface area contributed by atoms with Gasteiger partial charge in [0.05, 0.1) is 0 Å². The highest BCUT2D eigenvalue weighted by Crippen LogP contribution is 2.04. The molecule has 0 aromatic carbocycles. The Morgan fingerprint density at radius 3 is 2.29 bits per heavy atom. The number of carboxylic acids is 1. The van der Waals surface area contributed by atoms with E-state index in [1.807, 2.05) is 20.8 Å². The fourth-order valence-corrected chi connectivity index (χ4v) is 1.26. The first-order valence-corrected chi connectivity index (χ1v) is 5.06. The van der Waals surface area contributed by atoms with Gasteiger partial charge in [-0.05, 0) is 24.8 Å². The molecule has 4 heteroatoms. The number of rotatable bonds is 7. The molecule has 2 atom stereocenters. The number of aliphatic hydroxyl groups excluding tert-OH is 1. The zero-order chi connectivity index (χ0) is 11.1. The first-order chi connectivity index (χ1) is 6.49. The largest absolute Gasteiger partial charge is 0.480 e. The molecule has 0 aliphatic carbocycles. The summed E-state index contributed by atoms with van der Waals surface area (Å²) in [5.74, 6) is -0.425. The van der Waals surface area contributed by atoms with Crippen LogP contribution < -0.4 is 5.32 Å². The van der Waals surface area contributed by atoms with Gasteiger partial charge in [-0.3, -0.25) is 4.79 Å². The van der Waals surface area contributed by atoms with Crippen LogP contribution in [0.15, 0.2) is 0 Å². The highest BCUT2D eigenvalue weighted by Gasteiger charge is 2.20. The number of aliphatic carboxylic acids is 1. The van der Waals surface area contributed by atoms with Gasteiger partial charge in [0.15, 0.2) is 0 Å². The maximum atomic E-state index is 10.8. The van der Waals surface area contributed by atoms with Crippen LogP contribution in [0.5, 0.6) is 0 Å². The molecule has 84 valence electrons. The van der Waals surface area contributed by atoms with Crippen molar-refractivity contribution in [3.8, 4) is 0 Å². The van der Waals surface area contributed by atoms with Gasteiger partial charge in [-0.1, -0.05) is 20.8 Å². The molecular weight excluding hydrogens is 182 g/mol. The zero-order valence-electron chi connectivity index (χ0n) is 9.16. The molecule has 0 fully saturated rings. The minimum atomic E-state index is -0.809. The van der Waals surface area contributed by atoms with Gasteiger partial charge in [-0.15, -0.1) is 0 Å². The average Bonchev–Trinajstić information content (AvgIpc) is 2.03. The monoisotopic (exact) mass is 203 g/mol. The minimum Gasteiger partial charge on any atom is -0.480 e. The standard InChI is InChI=1S/C10H21NO3/c1-7(2)9(10(13)14)11-6-8(3)4-5-12/h7-9,11-12H,4-6H2,1-3H3,(H,13,14). The number of carboxylic acid groups (broad SMARTS) is 1. The van der Waals surface area contributed by atoms with Crippen molar-refractivity contribution in [2.45, 2.75) is 33.2 Å². The van der Waals surface area contributed by atoms with Crippen molar-refractivity contribution < 1.29 is 15.0 Å². The normalized spacial score (nSPS) is 15.5. The van der Waals surface area contributed by atoms with Gasteiger partial charge in [0.25, 0.3) is 0 Å². The predicted molar refractivity (Wildman–Crippen MR) is 55.1 cm³/mol. The topological polar surface area (TPSA) is 69.6 Å². The summed E-state index contributed by atoms with van der Waals surface area (Å²) in [7, 11) is 0. The number of hydrogen-bond acceptors (Lipinski definition) is 3. The molecule has 3 N–H and O–H groups in total. The van der Waals surface area contributed by atoms with E-state index in [-0.39, 0.29) is 12.5 Å². The average molecular weight is 203 g/mol. The summed E-state index contributed by atoms with van der Waals surface area (Å²) >= 11 is 0. The second kappa shape index (κ2) is 6.79. The summed E-state index contributed by atoms with van der Waals surface area (Å²) in [6, 6.07) is -0.490. The Morgan fingerprint density at radius 1 is 1.36 bits per heavy atom. The molecule has 0 radical (unpaired) electrons. The highest BCUT2D eigenvalue weighted by atomic mass is 16.4. The van der Waals surface area contributed by atoms with Crippen molar-refractivity contribution in [1.82, 2.24) is 5.32 Å². The first kappa shape index (κ1) is 13.4. The summed E-state index contributed by atoms with van der Waals surface area (Å²) < 4.78 is 0. The quantitative estimate of drug-likeness (QED) is 0.570. The van der Waals surface area contributed by atoms with Crippen molar-refractivity contribution in [2.24, 2.45) is 11.8 Å². The maximum absolute atomic E-state index is 10.8. The molecule has 0 amide bonds. The highest BCUT2D eigenvalue weighted by molar-refractivity contribution is 5.73. The summed E-state index contributed by atoms with van der Waals surface area (Å²) in [5, 5.41) is 20.5. The molecule has 0 bridgehead atoms. The SMILES string of the molecule is CC(CCO)CNC(C(=O)O)C(C)C. The Kier molecular flexibility index (Phi) is 6.49. The Morgan fingerprint density at radius 2 is 1.93 bits per heavy atom. The maximum Gasteiger partial charge on any atom is 0.320 e. The Bertz CT molecular complexity index is 171. The van der Waals surface area contributed by atoms with Gasteiger partial charge in [-0.25, -0.2) is 0 Å². The predicted octanol–water partition coefficient (Wildman–Crippen LogP) is 0.704. The van der Waals surface area contributed by atoms with Crippen LogP contribution >= 0.6 is 0 Å². The van der Waals surface area contributed by atoms with Crippen LogP contribution in [0.1, 0.15) is 27.2 Å². The van der Waals surface area contributed by atoms with Gasteiger partial charge in [0, 0.05) is 6.61 Å². The molecule has 0 spiro atoms. The van der Waals surface area contributed by atoms with E-state index in [2.05, 4.69) is 5.32 Å². The lowest BCUT2D eigenvalue weighted by Crippen LogP contribution is -2.42. The van der Waals surface area contributed by atoms with Gasteiger partial charge in [0.1, 0.15) is 6.04 Å². The van der Waals surface area contributed by atoms with Gasteiger partial charge in [-0.2, -0.15) is 0 Å². The lowest BCUT2D eigenvalue weighted by Gasteiger charge is -2.20. The lowest BCUT2D eigenvalue weighted by molar-refractivity contribution is -0.140. The second-order valence-corrected chi connectivity index (χ2v) is 4.09. The van der Waals surface area contributed by atoms with Crippen LogP contribution in [-0.4, -0.2) is 35.4 Å². The van der Waals surface area contributed by atoms with Crippen molar-refractivity contribution >= 4 is 5.97 Å². The molecule has 14 heavy (non-hydrogen) atoms. The molecule has 0 heterocycles. The Balaban J connectivity index is 3.88. The van der Waals surface area contributed by atoms with E-state index in [4.69, 9.17) is 10.2 Å². The molecule has 0 aliphatic rings. The van der Waals surface area contributed by atoms with Gasteiger partial charge in [0.2, 0.25) is 0 Å². The fourth-order valence-electron chi connectivity index (χ4n) is 1.26. The van der Waals surface area contributed by atoms with E-state index >= 15 is 0 Å². The first-order valence-electron chi connectivity index (χ1n) is 5.06. The zero-order valence-corrected chi connectivity index (χ0v) is 9.16. The van der Waals surface area contributed by atoms with Crippen molar-refractivity contribution in [3.05, 3.63) is 0 Å². The Hall–Kier alpha value is -0.610. The van der Waals surface area contributed by atoms with Crippen LogP contribution in [0.4, 0.5) is 0 Å². The third-order valence-electron chi connectivity index (χ3n) is 2.24. The summed E-state index contributed by atoms with van der Waals surface area (Å²) in [6.07, 6.45) is 0.706. The van der Waals surface area contributed by atoms with E-state index in [1.165, 1.54) is 0 Å². The van der Waals surface area contributed by atoms with Crippen molar-refractivity contribution in [1.29, 1.82) is 0 Å². The second-order valence-electron chi connectivity index (χ2n) is 4.09. The third kappa shape index (κ3) is 5.19. The van der Waals surface area contributed by atoms with Crippen LogP contribution in [0.2, 0.25) is 0 Å². The Labute approximate surface area is 85.3 Å². The van der Waals surface area contributed by atoms with Gasteiger partial charge < -0.3 is 15.5 Å². The van der Waals surface area contributed by atoms with Crippen LogP contribution in [0.3, 0.4) is 0 Å². The molecule has 0 saturated heterocycles. The van der Waals surface area contributed by atoms with Crippen LogP contribution in [0, 0.1) is 11.8 Å². The minimum absolute atomic E-state index is 0.0776. The van der Waals surface area contributed by atoms with Gasteiger partial charge >= 0.3 is 5.97 Å². The van der Waals surface area contributed by atoms with Crippen molar-refractivity contribution in [3.63, 3.8) is 0 Å². The third-order valence-corrected chi connectivity index (χ3v) is 2.24. The van der Waals surface area contributed by atoms with E-state index < -0.39 is 12.0 Å². The molecule has 0 rings (SSSR count). The smallest absolute Gasteiger partial charge is 0.320 e. The molecule has 4 nitrogen and oxygen atoms in total. The molecule has 0 saturated carbocycles. The summed E-state index contributed by atoms with van der Waals surface area (Å²) in [5.41, 5.74) is 0. The van der Waals surface area contributed by atoms with E-state index in [0.29, 0.717) is 18.9 Å². The van der Waals surface area contributed by atoms with Crippen LogP contribution in [0.25, 0.3) is 0 Å². The van der Waals surface area contributed by atoms with E-state index in [0.717, 1.165) is 0 Å². The van der Waals surface area contributed by atoms with E-state index in [1.54, 1.807) is 0 Å². The number of aliphatic hydroxyl groups is 1. The summed E-state index contributed by atoms with van der Waals surface area (Å²) in [4.78, 5) is 10.8. The molecule has 2 unspecified atom stereocenters. The van der Waals surface area contributed by atoms with Crippen molar-refractivity contribution in [2.75, 3.05) is 13.2 Å². The lowest BCUT2D eigenvalue weighted by atomic mass is 10.0. The van der Waals surface area contributed by atoms with E-state index in [9.17, 15) is 4.79 Å². The summed E-state index contributed by atoms with van der Waals surface area (Å²) in [6.45, 7) is 6.53. The number of nitrogens with one attached hydrogen (secondary N) is 1. The molecule has 0 aromatic rings. The fraction of sp³-hybridized carbons (Fsp3) is 0.900.